The fraction of sp³-hybridized carbons (Fsp3) is 0.385. The van der Waals surface area contributed by atoms with E-state index in [0.717, 1.165) is 22.3 Å². The lowest BCUT2D eigenvalue weighted by Gasteiger charge is -2.09. The molecule has 16 heavy (non-hydrogen) atoms. The van der Waals surface area contributed by atoms with Crippen LogP contribution in [0.3, 0.4) is 0 Å². The molecule has 0 fully saturated rings. The van der Waals surface area contributed by atoms with Gasteiger partial charge in [-0.15, -0.1) is 0 Å². The zero-order valence-electron chi connectivity index (χ0n) is 9.96. The summed E-state index contributed by atoms with van der Waals surface area (Å²) in [5.41, 5.74) is 8.83. The maximum Gasteiger partial charge on any atom is 0.217 e. The van der Waals surface area contributed by atoms with Gasteiger partial charge in [-0.3, -0.25) is 9.59 Å². The Morgan fingerprint density at radius 3 is 2.00 bits per heavy atom. The minimum atomic E-state index is -0.434. The molecule has 0 aliphatic heterocycles. The van der Waals surface area contributed by atoms with Crippen LogP contribution >= 0.6 is 0 Å². The van der Waals surface area contributed by atoms with Gasteiger partial charge in [-0.05, 0) is 31.9 Å². The summed E-state index contributed by atoms with van der Waals surface area (Å²) < 4.78 is 0. The van der Waals surface area contributed by atoms with E-state index in [-0.39, 0.29) is 18.6 Å². The maximum absolute atomic E-state index is 11.9. The standard InChI is InChI=1S/C13H17NO2/c1-8-6-9(2)13(10(3)7-8)11(15)4-5-12(14)16/h6-7H,4-5H2,1-3H3,(H2,14,16). The molecule has 0 heterocycles. The second kappa shape index (κ2) is 4.92. The predicted molar refractivity (Wildman–Crippen MR) is 63.4 cm³/mol. The van der Waals surface area contributed by atoms with Crippen molar-refractivity contribution in [2.75, 3.05) is 0 Å². The van der Waals surface area contributed by atoms with Gasteiger partial charge >= 0.3 is 0 Å². The van der Waals surface area contributed by atoms with Gasteiger partial charge in [-0.25, -0.2) is 0 Å². The SMILES string of the molecule is Cc1cc(C)c(C(=O)CCC(N)=O)c(C)c1. The highest BCUT2D eigenvalue weighted by Gasteiger charge is 2.13. The molecule has 0 aromatic heterocycles. The van der Waals surface area contributed by atoms with E-state index in [2.05, 4.69) is 0 Å². The van der Waals surface area contributed by atoms with E-state index in [1.54, 1.807) is 0 Å². The Morgan fingerprint density at radius 2 is 1.56 bits per heavy atom. The lowest BCUT2D eigenvalue weighted by molar-refractivity contribution is -0.118. The molecule has 3 heteroatoms. The van der Waals surface area contributed by atoms with Gasteiger partial charge in [-0.1, -0.05) is 17.7 Å². The first-order chi connectivity index (χ1) is 7.41. The van der Waals surface area contributed by atoms with Crippen molar-refractivity contribution in [1.29, 1.82) is 0 Å². The van der Waals surface area contributed by atoms with Gasteiger partial charge in [0.25, 0.3) is 0 Å². The van der Waals surface area contributed by atoms with Gasteiger partial charge < -0.3 is 5.73 Å². The molecule has 0 saturated carbocycles. The molecule has 0 unspecified atom stereocenters. The number of aryl methyl sites for hydroxylation is 3. The lowest BCUT2D eigenvalue weighted by atomic mass is 9.94. The molecule has 0 saturated heterocycles. The molecular weight excluding hydrogens is 202 g/mol. The van der Waals surface area contributed by atoms with Crippen LogP contribution in [0.1, 0.15) is 39.9 Å². The van der Waals surface area contributed by atoms with E-state index >= 15 is 0 Å². The first kappa shape index (κ1) is 12.4. The molecule has 0 aliphatic rings. The van der Waals surface area contributed by atoms with Crippen molar-refractivity contribution < 1.29 is 9.59 Å². The molecule has 1 aromatic rings. The zero-order valence-corrected chi connectivity index (χ0v) is 9.96. The summed E-state index contributed by atoms with van der Waals surface area (Å²) in [5, 5.41) is 0. The van der Waals surface area contributed by atoms with E-state index in [1.165, 1.54) is 0 Å². The van der Waals surface area contributed by atoms with Gasteiger partial charge in [0.05, 0.1) is 0 Å². The molecule has 0 aliphatic carbocycles. The molecule has 0 spiro atoms. The smallest absolute Gasteiger partial charge is 0.217 e. The van der Waals surface area contributed by atoms with Crippen molar-refractivity contribution in [3.63, 3.8) is 0 Å². The van der Waals surface area contributed by atoms with Crippen molar-refractivity contribution in [3.8, 4) is 0 Å². The Morgan fingerprint density at radius 1 is 1.06 bits per heavy atom. The van der Waals surface area contributed by atoms with E-state index < -0.39 is 5.91 Å². The Kier molecular flexibility index (Phi) is 3.82. The van der Waals surface area contributed by atoms with Crippen LogP contribution in [0.5, 0.6) is 0 Å². The monoisotopic (exact) mass is 219 g/mol. The highest BCUT2D eigenvalue weighted by atomic mass is 16.1. The minimum absolute atomic E-state index is 0.00574. The van der Waals surface area contributed by atoms with Crippen LogP contribution in [-0.4, -0.2) is 11.7 Å². The molecule has 2 N–H and O–H groups in total. The lowest BCUT2D eigenvalue weighted by Crippen LogP contribution is -2.14. The maximum atomic E-state index is 11.9. The van der Waals surface area contributed by atoms with Gasteiger partial charge in [0, 0.05) is 18.4 Å². The van der Waals surface area contributed by atoms with Crippen molar-refractivity contribution in [1.82, 2.24) is 0 Å². The number of primary amides is 1. The minimum Gasteiger partial charge on any atom is -0.370 e. The Balaban J connectivity index is 2.95. The largest absolute Gasteiger partial charge is 0.370 e. The summed E-state index contributed by atoms with van der Waals surface area (Å²) in [4.78, 5) is 22.5. The number of nitrogens with two attached hydrogens (primary N) is 1. The summed E-state index contributed by atoms with van der Waals surface area (Å²) in [6.45, 7) is 5.83. The molecule has 0 atom stereocenters. The quantitative estimate of drug-likeness (QED) is 0.788. The van der Waals surface area contributed by atoms with Crippen molar-refractivity contribution in [3.05, 3.63) is 34.4 Å². The van der Waals surface area contributed by atoms with Crippen molar-refractivity contribution >= 4 is 11.7 Å². The zero-order chi connectivity index (χ0) is 12.3. The fourth-order valence-electron chi connectivity index (χ4n) is 1.98. The molecule has 0 radical (unpaired) electrons. The van der Waals surface area contributed by atoms with E-state index in [9.17, 15) is 9.59 Å². The normalized spacial score (nSPS) is 10.2. The average Bonchev–Trinajstić information content (AvgIpc) is 2.12. The molecule has 86 valence electrons. The Labute approximate surface area is 95.6 Å². The molecule has 3 nitrogen and oxygen atoms in total. The number of benzene rings is 1. The number of carbonyl (C=O) groups is 2. The number of carbonyl (C=O) groups excluding carboxylic acids is 2. The molecule has 1 amide bonds. The molecule has 1 aromatic carbocycles. The van der Waals surface area contributed by atoms with Crippen LogP contribution in [-0.2, 0) is 4.79 Å². The summed E-state index contributed by atoms with van der Waals surface area (Å²) in [7, 11) is 0. The topological polar surface area (TPSA) is 60.2 Å². The molecule has 0 bridgehead atoms. The summed E-state index contributed by atoms with van der Waals surface area (Å²) in [6.07, 6.45) is 0.311. The second-order valence-electron chi connectivity index (χ2n) is 4.16. The summed E-state index contributed by atoms with van der Waals surface area (Å²) in [5.74, 6) is -0.440. The highest BCUT2D eigenvalue weighted by Crippen LogP contribution is 2.18. The average molecular weight is 219 g/mol. The summed E-state index contributed by atoms with van der Waals surface area (Å²) >= 11 is 0. The van der Waals surface area contributed by atoms with Crippen LogP contribution in [0, 0.1) is 20.8 Å². The predicted octanol–water partition coefficient (Wildman–Crippen LogP) is 2.06. The third kappa shape index (κ3) is 2.92. The number of ketones is 1. The first-order valence-electron chi connectivity index (χ1n) is 5.31. The first-order valence-corrected chi connectivity index (χ1v) is 5.31. The Hall–Kier alpha value is -1.64. The van der Waals surface area contributed by atoms with Gasteiger partial charge in [-0.2, -0.15) is 0 Å². The number of hydrogen-bond acceptors (Lipinski definition) is 2. The second-order valence-corrected chi connectivity index (χ2v) is 4.16. The van der Waals surface area contributed by atoms with E-state index in [1.807, 2.05) is 32.9 Å². The number of Topliss-reactive ketones (excluding diaryl/α,β-unsaturated/α-hetero) is 1. The van der Waals surface area contributed by atoms with Crippen LogP contribution in [0.25, 0.3) is 0 Å². The van der Waals surface area contributed by atoms with Crippen molar-refractivity contribution in [2.45, 2.75) is 33.6 Å². The summed E-state index contributed by atoms with van der Waals surface area (Å²) in [6, 6.07) is 3.95. The van der Waals surface area contributed by atoms with Crippen LogP contribution in [0.15, 0.2) is 12.1 Å². The van der Waals surface area contributed by atoms with Crippen LogP contribution in [0.4, 0.5) is 0 Å². The van der Waals surface area contributed by atoms with Gasteiger partial charge in [0.2, 0.25) is 5.91 Å². The number of amides is 1. The Bertz CT molecular complexity index is 413. The highest BCUT2D eigenvalue weighted by molar-refractivity contribution is 6.00. The number of rotatable bonds is 4. The molecule has 1 rings (SSSR count). The fourth-order valence-corrected chi connectivity index (χ4v) is 1.98. The third-order valence-electron chi connectivity index (χ3n) is 2.55. The van der Waals surface area contributed by atoms with Crippen molar-refractivity contribution in [2.24, 2.45) is 5.73 Å². The van der Waals surface area contributed by atoms with E-state index in [4.69, 9.17) is 5.73 Å². The molecular formula is C13H17NO2. The van der Waals surface area contributed by atoms with Gasteiger partial charge in [0.1, 0.15) is 0 Å². The number of hydrogen-bond donors (Lipinski definition) is 1. The third-order valence-corrected chi connectivity index (χ3v) is 2.55. The van der Waals surface area contributed by atoms with E-state index in [0.29, 0.717) is 0 Å². The van der Waals surface area contributed by atoms with Gasteiger partial charge in [0.15, 0.2) is 5.78 Å². The van der Waals surface area contributed by atoms with Crippen LogP contribution < -0.4 is 5.73 Å². The van der Waals surface area contributed by atoms with Crippen LogP contribution in [0.2, 0.25) is 0 Å².